The third-order valence-electron chi connectivity index (χ3n) is 5.66. The summed E-state index contributed by atoms with van der Waals surface area (Å²) in [6, 6.07) is 21.4. The summed E-state index contributed by atoms with van der Waals surface area (Å²) in [6.45, 7) is 0.151. The van der Waals surface area contributed by atoms with Crippen LogP contribution in [-0.4, -0.2) is 30.9 Å². The Morgan fingerprint density at radius 1 is 1.00 bits per heavy atom. The van der Waals surface area contributed by atoms with Crippen molar-refractivity contribution in [2.24, 2.45) is 0 Å². The normalized spacial score (nSPS) is 12.3. The maximum atomic E-state index is 12.7. The summed E-state index contributed by atoms with van der Waals surface area (Å²) in [6.07, 6.45) is -0.690. The van der Waals surface area contributed by atoms with Crippen LogP contribution in [0.5, 0.6) is 5.75 Å². The van der Waals surface area contributed by atoms with Crippen LogP contribution in [0.2, 0.25) is 0 Å². The van der Waals surface area contributed by atoms with E-state index in [1.54, 1.807) is 25.3 Å². The number of amides is 1. The Bertz CT molecular complexity index is 1310. The van der Waals surface area contributed by atoms with Crippen LogP contribution in [0.3, 0.4) is 0 Å². The average molecular weight is 445 g/mol. The highest BCUT2D eigenvalue weighted by molar-refractivity contribution is 7.21. The second-order valence-corrected chi connectivity index (χ2v) is 8.48. The van der Waals surface area contributed by atoms with E-state index in [1.165, 1.54) is 0 Å². The van der Waals surface area contributed by atoms with Crippen LogP contribution >= 0.6 is 11.3 Å². The topological polar surface area (TPSA) is 84.9 Å². The number of ether oxygens (including phenoxy) is 2. The lowest BCUT2D eigenvalue weighted by atomic mass is 9.98. The smallest absolute Gasteiger partial charge is 0.411 e. The van der Waals surface area contributed by atoms with E-state index in [-0.39, 0.29) is 23.1 Å². The molecule has 6 nitrogen and oxygen atoms in total. The maximum Gasteiger partial charge on any atom is 0.411 e. The number of anilines is 1. The first kappa shape index (κ1) is 20.1. The van der Waals surface area contributed by atoms with Gasteiger partial charge in [0.15, 0.2) is 0 Å². The standard InChI is InChI=1S/C25H19NO5S/c1-30-14-10-11-19-21(12-14)32-23(24(27)28)22(19)26-25(29)31-13-20-17-8-4-2-6-15(17)16-7-3-5-9-18(16)20/h2-12,20H,13H2,1H3,(H,26,29)(H,27,28). The van der Waals surface area contributed by atoms with Crippen molar-refractivity contribution in [3.05, 3.63) is 82.7 Å². The Hall–Kier alpha value is -3.84. The molecule has 1 aliphatic rings. The molecule has 7 heteroatoms. The molecular formula is C25H19NO5S. The highest BCUT2D eigenvalue weighted by atomic mass is 32.1. The van der Waals surface area contributed by atoms with E-state index in [9.17, 15) is 14.7 Å². The highest BCUT2D eigenvalue weighted by Gasteiger charge is 2.29. The van der Waals surface area contributed by atoms with Crippen molar-refractivity contribution in [2.75, 3.05) is 19.0 Å². The average Bonchev–Trinajstić information content (AvgIpc) is 3.33. The summed E-state index contributed by atoms with van der Waals surface area (Å²) in [5, 5.41) is 12.9. The first-order valence-corrected chi connectivity index (χ1v) is 10.8. The first-order valence-electron chi connectivity index (χ1n) is 10.0. The Morgan fingerprint density at radius 2 is 1.66 bits per heavy atom. The van der Waals surface area contributed by atoms with Gasteiger partial charge in [-0.15, -0.1) is 11.3 Å². The zero-order valence-corrected chi connectivity index (χ0v) is 17.9. The van der Waals surface area contributed by atoms with Crippen molar-refractivity contribution in [2.45, 2.75) is 5.92 Å². The van der Waals surface area contributed by atoms with Gasteiger partial charge in [-0.3, -0.25) is 5.32 Å². The van der Waals surface area contributed by atoms with Gasteiger partial charge in [0, 0.05) is 16.0 Å². The Morgan fingerprint density at radius 3 is 2.28 bits per heavy atom. The SMILES string of the molecule is COc1ccc2c(NC(=O)OCC3c4ccccc4-c4ccccc43)c(C(=O)O)sc2c1. The predicted molar refractivity (Wildman–Crippen MR) is 124 cm³/mol. The van der Waals surface area contributed by atoms with Gasteiger partial charge >= 0.3 is 12.1 Å². The number of hydrogen-bond acceptors (Lipinski definition) is 5. The van der Waals surface area contributed by atoms with Gasteiger partial charge in [0.1, 0.15) is 17.2 Å². The molecule has 0 unspecified atom stereocenters. The molecular weight excluding hydrogens is 426 g/mol. The van der Waals surface area contributed by atoms with Gasteiger partial charge < -0.3 is 14.6 Å². The van der Waals surface area contributed by atoms with Crippen LogP contribution in [0.1, 0.15) is 26.7 Å². The first-order chi connectivity index (χ1) is 15.6. The number of fused-ring (bicyclic) bond motifs is 4. The number of nitrogens with one attached hydrogen (secondary N) is 1. The highest BCUT2D eigenvalue weighted by Crippen LogP contribution is 2.44. The number of methoxy groups -OCH3 is 1. The van der Waals surface area contributed by atoms with Crippen LogP contribution in [0.4, 0.5) is 10.5 Å². The molecule has 2 N–H and O–H groups in total. The third kappa shape index (κ3) is 3.36. The summed E-state index contributed by atoms with van der Waals surface area (Å²) in [5.41, 5.74) is 4.74. The molecule has 0 aliphatic heterocycles. The Balaban J connectivity index is 1.39. The number of carbonyl (C=O) groups excluding carboxylic acids is 1. The molecule has 0 saturated heterocycles. The number of carboxylic acids is 1. The fraction of sp³-hybridized carbons (Fsp3) is 0.120. The van der Waals surface area contributed by atoms with Crippen LogP contribution in [0, 0.1) is 0 Å². The Kier molecular flexibility index (Phi) is 5.03. The summed E-state index contributed by atoms with van der Waals surface area (Å²) in [5.74, 6) is -0.571. The van der Waals surface area contributed by atoms with Crippen molar-refractivity contribution in [3.8, 4) is 16.9 Å². The molecule has 160 valence electrons. The minimum Gasteiger partial charge on any atom is -0.497 e. The van der Waals surface area contributed by atoms with Crippen molar-refractivity contribution in [1.82, 2.24) is 0 Å². The van der Waals surface area contributed by atoms with Crippen LogP contribution in [0.25, 0.3) is 21.2 Å². The maximum absolute atomic E-state index is 12.7. The molecule has 1 aromatic heterocycles. The van der Waals surface area contributed by atoms with E-state index >= 15 is 0 Å². The molecule has 3 aromatic carbocycles. The lowest BCUT2D eigenvalue weighted by molar-refractivity contribution is 0.0703. The molecule has 1 amide bonds. The van der Waals surface area contributed by atoms with Gasteiger partial charge in [0.2, 0.25) is 0 Å². The van der Waals surface area contributed by atoms with Gasteiger partial charge in [-0.05, 0) is 40.5 Å². The number of benzene rings is 3. The molecule has 0 fully saturated rings. The third-order valence-corrected chi connectivity index (χ3v) is 6.80. The van der Waals surface area contributed by atoms with Crippen molar-refractivity contribution < 1.29 is 24.2 Å². The van der Waals surface area contributed by atoms with Gasteiger partial charge in [0.05, 0.1) is 12.8 Å². The number of carboxylic acid groups (broad SMARTS) is 1. The molecule has 4 aromatic rings. The molecule has 0 radical (unpaired) electrons. The molecule has 1 heterocycles. The summed E-state index contributed by atoms with van der Waals surface area (Å²) in [7, 11) is 1.54. The van der Waals surface area contributed by atoms with Crippen molar-refractivity contribution in [3.63, 3.8) is 0 Å². The molecule has 0 bridgehead atoms. The second kappa shape index (κ2) is 8.01. The molecule has 32 heavy (non-hydrogen) atoms. The number of carbonyl (C=O) groups is 2. The molecule has 0 atom stereocenters. The monoisotopic (exact) mass is 445 g/mol. The summed E-state index contributed by atoms with van der Waals surface area (Å²) < 4.78 is 11.5. The van der Waals surface area contributed by atoms with E-state index in [4.69, 9.17) is 9.47 Å². The number of thiophene rings is 1. The summed E-state index contributed by atoms with van der Waals surface area (Å²) >= 11 is 1.08. The number of aromatic carboxylic acids is 1. The fourth-order valence-corrected chi connectivity index (χ4v) is 5.24. The molecule has 5 rings (SSSR count). The van der Waals surface area contributed by atoms with Gasteiger partial charge in [-0.25, -0.2) is 9.59 Å². The van der Waals surface area contributed by atoms with E-state index in [0.29, 0.717) is 15.8 Å². The predicted octanol–water partition coefficient (Wildman–Crippen LogP) is 5.97. The zero-order chi connectivity index (χ0) is 22.2. The lowest BCUT2D eigenvalue weighted by Crippen LogP contribution is -2.18. The molecule has 0 spiro atoms. The lowest BCUT2D eigenvalue weighted by Gasteiger charge is -2.14. The van der Waals surface area contributed by atoms with Crippen LogP contribution in [0.15, 0.2) is 66.7 Å². The number of hydrogen-bond donors (Lipinski definition) is 2. The van der Waals surface area contributed by atoms with Crippen LogP contribution < -0.4 is 10.1 Å². The minimum atomic E-state index is -1.11. The van der Waals surface area contributed by atoms with E-state index in [1.807, 2.05) is 36.4 Å². The second-order valence-electron chi connectivity index (χ2n) is 7.42. The quantitative estimate of drug-likeness (QED) is 0.395. The van der Waals surface area contributed by atoms with Gasteiger partial charge in [-0.1, -0.05) is 48.5 Å². The van der Waals surface area contributed by atoms with Gasteiger partial charge in [0.25, 0.3) is 0 Å². The van der Waals surface area contributed by atoms with Crippen LogP contribution in [-0.2, 0) is 4.74 Å². The summed E-state index contributed by atoms with van der Waals surface area (Å²) in [4.78, 5) is 24.5. The van der Waals surface area contributed by atoms with Crippen molar-refractivity contribution >= 4 is 39.2 Å². The number of rotatable bonds is 5. The van der Waals surface area contributed by atoms with E-state index in [0.717, 1.165) is 33.6 Å². The van der Waals surface area contributed by atoms with E-state index in [2.05, 4.69) is 17.4 Å². The molecule has 0 saturated carbocycles. The molecule has 1 aliphatic carbocycles. The largest absolute Gasteiger partial charge is 0.497 e. The Labute approximate surface area is 188 Å². The van der Waals surface area contributed by atoms with Crippen molar-refractivity contribution in [1.29, 1.82) is 0 Å². The fourth-order valence-electron chi connectivity index (χ4n) is 4.22. The van der Waals surface area contributed by atoms with Gasteiger partial charge in [-0.2, -0.15) is 0 Å². The van der Waals surface area contributed by atoms with E-state index < -0.39 is 12.1 Å². The minimum absolute atomic E-state index is 0.0433. The zero-order valence-electron chi connectivity index (χ0n) is 17.1.